The summed E-state index contributed by atoms with van der Waals surface area (Å²) in [6.07, 6.45) is -0.278. The summed E-state index contributed by atoms with van der Waals surface area (Å²) in [5.74, 6) is -0.935. The summed E-state index contributed by atoms with van der Waals surface area (Å²) >= 11 is 0. The van der Waals surface area contributed by atoms with Crippen LogP contribution in [0.5, 0.6) is 0 Å². The molecule has 88 valence electrons. The van der Waals surface area contributed by atoms with Crippen LogP contribution in [0, 0.1) is 0 Å². The largest absolute Gasteiger partial charge is 0.499 e. The van der Waals surface area contributed by atoms with Crippen molar-refractivity contribution < 1.29 is 33.4 Å². The van der Waals surface area contributed by atoms with Crippen molar-refractivity contribution >= 4 is 13.8 Å². The van der Waals surface area contributed by atoms with Crippen molar-refractivity contribution in [2.24, 2.45) is 0 Å². The Morgan fingerprint density at radius 2 is 2.07 bits per heavy atom. The highest BCUT2D eigenvalue weighted by atomic mass is 31.2. The highest BCUT2D eigenvalue weighted by molar-refractivity contribution is 7.47. The quantitative estimate of drug-likeness (QED) is 0.402. The second-order valence-electron chi connectivity index (χ2n) is 2.83. The van der Waals surface area contributed by atoms with Crippen molar-refractivity contribution in [2.75, 3.05) is 6.61 Å². The maximum Gasteiger partial charge on any atom is 0.499 e. The van der Waals surface area contributed by atoms with E-state index in [4.69, 9.17) is 10.00 Å². The van der Waals surface area contributed by atoms with Crippen molar-refractivity contribution in [3.05, 3.63) is 12.2 Å². The van der Waals surface area contributed by atoms with E-state index in [2.05, 4.69) is 20.7 Å². The molecule has 0 bridgehead atoms. The molecule has 1 saturated heterocycles. The molecule has 15 heavy (non-hydrogen) atoms. The smallest absolute Gasteiger partial charge is 0.478 e. The average molecular weight is 240 g/mol. The van der Waals surface area contributed by atoms with Crippen molar-refractivity contribution in [2.45, 2.75) is 20.0 Å². The third-order valence-electron chi connectivity index (χ3n) is 1.14. The number of hydrogen-bond acceptors (Lipinski definition) is 5. The van der Waals surface area contributed by atoms with Gasteiger partial charge in [0.15, 0.2) is 0 Å². The molecule has 1 aliphatic heterocycles. The van der Waals surface area contributed by atoms with E-state index in [1.165, 1.54) is 6.92 Å². The normalized spacial score (nSPS) is 29.9. The number of phosphoric ester groups is 1. The van der Waals surface area contributed by atoms with Gasteiger partial charge in [0, 0.05) is 5.57 Å². The fourth-order valence-electron chi connectivity index (χ4n) is 0.376. The van der Waals surface area contributed by atoms with Crippen LogP contribution in [0.3, 0.4) is 0 Å². The number of phosphoric acid groups is 1. The topological polar surface area (TPSA) is 102 Å². The first-order valence-electron chi connectivity index (χ1n) is 3.96. The Morgan fingerprint density at radius 3 is 2.27 bits per heavy atom. The Morgan fingerprint density at radius 1 is 1.60 bits per heavy atom. The van der Waals surface area contributed by atoms with E-state index in [9.17, 15) is 9.36 Å². The van der Waals surface area contributed by atoms with Crippen LogP contribution in [-0.2, 0) is 23.4 Å². The third-order valence-corrected chi connectivity index (χ3v) is 1.89. The van der Waals surface area contributed by atoms with Crippen LogP contribution < -0.4 is 0 Å². The van der Waals surface area contributed by atoms with E-state index in [0.717, 1.165) is 0 Å². The lowest BCUT2D eigenvalue weighted by Crippen LogP contribution is -2.20. The van der Waals surface area contributed by atoms with Crippen LogP contribution in [0.4, 0.5) is 0 Å². The molecule has 1 fully saturated rings. The monoisotopic (exact) mass is 240 g/mol. The maximum absolute atomic E-state index is 10.4. The van der Waals surface area contributed by atoms with Gasteiger partial charge in [-0.3, -0.25) is 4.52 Å². The number of carbonyl (C=O) groups is 1. The van der Waals surface area contributed by atoms with Gasteiger partial charge in [-0.15, -0.1) is 4.67 Å². The second-order valence-corrected chi connectivity index (χ2v) is 4.18. The molecule has 0 aliphatic carbocycles. The first kappa shape index (κ1) is 14.3. The number of rotatable bonds is 1. The van der Waals surface area contributed by atoms with E-state index in [0.29, 0.717) is 0 Å². The molecule has 0 amide bonds. The van der Waals surface area contributed by atoms with E-state index < -0.39 is 13.8 Å². The van der Waals surface area contributed by atoms with Gasteiger partial charge in [0.25, 0.3) is 0 Å². The van der Waals surface area contributed by atoms with Crippen molar-refractivity contribution in [3.8, 4) is 0 Å². The fourth-order valence-corrected chi connectivity index (χ4v) is 1.07. The average Bonchev–Trinajstić information content (AvgIpc) is 2.11. The molecule has 2 N–H and O–H groups in total. The summed E-state index contributed by atoms with van der Waals surface area (Å²) in [6, 6.07) is 0. The first-order chi connectivity index (χ1) is 6.74. The number of carboxylic acids is 1. The Balaban J connectivity index is 0.000000288. The highest BCUT2D eigenvalue weighted by Gasteiger charge is 2.29. The van der Waals surface area contributed by atoms with Gasteiger partial charge in [-0.05, 0) is 13.8 Å². The zero-order valence-electron chi connectivity index (χ0n) is 8.37. The minimum absolute atomic E-state index is 0.0910. The van der Waals surface area contributed by atoms with Gasteiger partial charge in [0.2, 0.25) is 0 Å². The van der Waals surface area contributed by atoms with E-state index >= 15 is 0 Å². The van der Waals surface area contributed by atoms with Crippen LogP contribution in [0.1, 0.15) is 13.8 Å². The molecular weight excluding hydrogens is 227 g/mol. The highest BCUT2D eigenvalue weighted by Crippen LogP contribution is 2.46. The van der Waals surface area contributed by atoms with Crippen molar-refractivity contribution in [3.63, 3.8) is 0 Å². The molecule has 1 rings (SSSR count). The van der Waals surface area contributed by atoms with Gasteiger partial charge in [-0.25, -0.2) is 14.2 Å². The SMILES string of the molecule is C=C(C)C(=O)O.CC1COP(=O)(O)OO1. The van der Waals surface area contributed by atoms with Crippen LogP contribution in [0.25, 0.3) is 0 Å². The van der Waals surface area contributed by atoms with Crippen molar-refractivity contribution in [1.29, 1.82) is 0 Å². The maximum atomic E-state index is 10.4. The van der Waals surface area contributed by atoms with Crippen LogP contribution in [0.2, 0.25) is 0 Å². The summed E-state index contributed by atoms with van der Waals surface area (Å²) in [6.45, 7) is 6.36. The molecule has 7 nitrogen and oxygen atoms in total. The molecule has 8 heteroatoms. The third kappa shape index (κ3) is 7.24. The zero-order valence-corrected chi connectivity index (χ0v) is 9.27. The molecule has 0 radical (unpaired) electrons. The lowest BCUT2D eigenvalue weighted by Gasteiger charge is -2.20. The van der Waals surface area contributed by atoms with Crippen LogP contribution >= 0.6 is 7.82 Å². The van der Waals surface area contributed by atoms with Crippen molar-refractivity contribution in [1.82, 2.24) is 0 Å². The predicted octanol–water partition coefficient (Wildman–Crippen LogP) is 1.10. The van der Waals surface area contributed by atoms with Crippen LogP contribution in [-0.4, -0.2) is 28.7 Å². The molecule has 0 aromatic heterocycles. The Labute approximate surface area is 86.8 Å². The van der Waals surface area contributed by atoms with E-state index in [1.54, 1.807) is 6.92 Å². The molecule has 2 unspecified atom stereocenters. The Hall–Kier alpha value is -0.720. The summed E-state index contributed by atoms with van der Waals surface area (Å²) in [4.78, 5) is 22.4. The standard InChI is InChI=1S/C4H6O2.C3H7O5P/c1-3(2)4(5)6;1-3-2-6-9(4,5)8-7-3/h1H2,2H3,(H,5,6);3H,2H2,1H3,(H,4,5). The molecule has 2 atom stereocenters. The summed E-state index contributed by atoms with van der Waals surface area (Å²) in [5, 5.41) is 7.89. The first-order valence-corrected chi connectivity index (χ1v) is 5.45. The van der Waals surface area contributed by atoms with Crippen LogP contribution in [0.15, 0.2) is 12.2 Å². The van der Waals surface area contributed by atoms with Gasteiger partial charge in [0.1, 0.15) is 6.10 Å². The molecule has 1 heterocycles. The summed E-state index contributed by atoms with van der Waals surface area (Å²) < 4.78 is 18.7. The lowest BCUT2D eigenvalue weighted by atomic mass is 10.4. The van der Waals surface area contributed by atoms with Gasteiger partial charge in [0.05, 0.1) is 6.61 Å². The predicted molar refractivity (Wildman–Crippen MR) is 49.9 cm³/mol. The van der Waals surface area contributed by atoms with E-state index in [1.807, 2.05) is 0 Å². The fraction of sp³-hybridized carbons (Fsp3) is 0.571. The Kier molecular flexibility index (Phi) is 5.71. The summed E-state index contributed by atoms with van der Waals surface area (Å²) in [7, 11) is -3.85. The Bertz CT molecular complexity index is 263. The zero-order chi connectivity index (χ0) is 12.1. The molecular formula is C7H13O7P. The lowest BCUT2D eigenvalue weighted by molar-refractivity contribution is -0.283. The summed E-state index contributed by atoms with van der Waals surface area (Å²) in [5.41, 5.74) is 0.176. The molecule has 0 saturated carbocycles. The molecule has 0 aromatic rings. The number of hydrogen-bond donors (Lipinski definition) is 2. The molecule has 0 aromatic carbocycles. The number of aliphatic carboxylic acids is 1. The van der Waals surface area contributed by atoms with Gasteiger partial charge < -0.3 is 10.00 Å². The minimum atomic E-state index is -3.85. The van der Waals surface area contributed by atoms with Gasteiger partial charge >= 0.3 is 13.8 Å². The molecule has 0 spiro atoms. The van der Waals surface area contributed by atoms with E-state index in [-0.39, 0.29) is 18.3 Å². The van der Waals surface area contributed by atoms with Gasteiger partial charge in [-0.2, -0.15) is 0 Å². The minimum Gasteiger partial charge on any atom is -0.478 e. The number of carboxylic acid groups (broad SMARTS) is 1. The van der Waals surface area contributed by atoms with Gasteiger partial charge in [-0.1, -0.05) is 6.58 Å². The molecule has 1 aliphatic rings. The second kappa shape index (κ2) is 5.99.